The van der Waals surface area contributed by atoms with Crippen LogP contribution in [0.3, 0.4) is 0 Å². The van der Waals surface area contributed by atoms with Crippen LogP contribution in [0.4, 0.5) is 0 Å². The van der Waals surface area contributed by atoms with Gasteiger partial charge in [0.1, 0.15) is 5.54 Å². The second-order valence-corrected chi connectivity index (χ2v) is 4.86. The zero-order valence-electron chi connectivity index (χ0n) is 10.4. The first kappa shape index (κ1) is 12.3. The van der Waals surface area contributed by atoms with E-state index in [4.69, 9.17) is 0 Å². The molecule has 0 amide bonds. The first-order chi connectivity index (χ1) is 8.33. The molecule has 0 heterocycles. The van der Waals surface area contributed by atoms with Crippen molar-refractivity contribution in [2.45, 2.75) is 37.6 Å². The minimum absolute atomic E-state index is 0.376. The lowest BCUT2D eigenvalue weighted by molar-refractivity contribution is 0.227. The number of benzene rings is 1. The Kier molecular flexibility index (Phi) is 3.95. The maximum Gasteiger partial charge on any atom is 0.225 e. The molecule has 1 N–H and O–H groups in total. The summed E-state index contributed by atoms with van der Waals surface area (Å²) in [6.45, 7) is 0. The van der Waals surface area contributed by atoms with Gasteiger partial charge in [-0.2, -0.15) is 0 Å². The van der Waals surface area contributed by atoms with Crippen LogP contribution >= 0.6 is 0 Å². The summed E-state index contributed by atoms with van der Waals surface area (Å²) >= 11 is 0. The largest absolute Gasteiger partial charge is 0.304 e. The van der Waals surface area contributed by atoms with Gasteiger partial charge < -0.3 is 5.32 Å². The molecule has 1 atom stereocenters. The van der Waals surface area contributed by atoms with E-state index >= 15 is 0 Å². The van der Waals surface area contributed by atoms with Crippen LogP contribution in [-0.2, 0) is 10.3 Å². The van der Waals surface area contributed by atoms with E-state index < -0.39 is 5.54 Å². The third kappa shape index (κ3) is 2.27. The number of hydrogen-bond donors (Lipinski definition) is 1. The molecule has 1 aliphatic carbocycles. The van der Waals surface area contributed by atoms with Gasteiger partial charge >= 0.3 is 0 Å². The highest BCUT2D eigenvalue weighted by Crippen LogP contribution is 2.37. The molecule has 0 aromatic heterocycles. The van der Waals surface area contributed by atoms with Gasteiger partial charge in [0, 0.05) is 0 Å². The number of likely N-dealkylation sites (N-methyl/N-ethyl adjacent to an activating group) is 1. The zero-order valence-corrected chi connectivity index (χ0v) is 10.4. The predicted molar refractivity (Wildman–Crippen MR) is 69.4 cm³/mol. The van der Waals surface area contributed by atoms with Gasteiger partial charge in [-0.15, -0.1) is 0 Å². The lowest BCUT2D eigenvalue weighted by atomic mass is 9.72. The van der Waals surface area contributed by atoms with Crippen LogP contribution in [0.2, 0.25) is 0 Å². The number of hydrogen-bond acceptors (Lipinski definition) is 2. The second-order valence-electron chi connectivity index (χ2n) is 4.86. The van der Waals surface area contributed by atoms with E-state index in [1.54, 1.807) is 0 Å². The van der Waals surface area contributed by atoms with Gasteiger partial charge in [0.15, 0.2) is 0 Å². The van der Waals surface area contributed by atoms with Crippen molar-refractivity contribution in [2.24, 2.45) is 5.92 Å². The van der Waals surface area contributed by atoms with Crippen LogP contribution in [0.15, 0.2) is 30.3 Å². The maximum atomic E-state index is 11.6. The zero-order chi connectivity index (χ0) is 12.1. The molecular formula is C15H20NO. The second kappa shape index (κ2) is 5.46. The van der Waals surface area contributed by atoms with Crippen molar-refractivity contribution >= 4 is 6.29 Å². The Morgan fingerprint density at radius 2 is 1.82 bits per heavy atom. The summed E-state index contributed by atoms with van der Waals surface area (Å²) in [4.78, 5) is 11.6. The third-order valence-corrected chi connectivity index (χ3v) is 4.00. The average molecular weight is 230 g/mol. The van der Waals surface area contributed by atoms with Crippen molar-refractivity contribution in [3.05, 3.63) is 35.9 Å². The van der Waals surface area contributed by atoms with E-state index in [-0.39, 0.29) is 0 Å². The van der Waals surface area contributed by atoms with Gasteiger partial charge in [-0.3, -0.25) is 4.79 Å². The Hall–Kier alpha value is -1.15. The van der Waals surface area contributed by atoms with Crippen molar-refractivity contribution in [3.63, 3.8) is 0 Å². The Balaban J connectivity index is 2.34. The minimum Gasteiger partial charge on any atom is -0.304 e. The van der Waals surface area contributed by atoms with Crippen molar-refractivity contribution in [1.29, 1.82) is 0 Å². The van der Waals surface area contributed by atoms with Gasteiger partial charge in [0.2, 0.25) is 6.29 Å². The molecule has 1 aromatic carbocycles. The summed E-state index contributed by atoms with van der Waals surface area (Å²) in [5, 5.41) is 3.23. The van der Waals surface area contributed by atoms with Crippen molar-refractivity contribution in [2.75, 3.05) is 7.05 Å². The Labute approximate surface area is 103 Å². The average Bonchev–Trinajstić information content (AvgIpc) is 2.43. The van der Waals surface area contributed by atoms with E-state index in [2.05, 4.69) is 11.6 Å². The van der Waals surface area contributed by atoms with Crippen LogP contribution in [0.5, 0.6) is 0 Å². The molecule has 1 radical (unpaired) electrons. The fraction of sp³-hybridized carbons (Fsp3) is 0.533. The summed E-state index contributed by atoms with van der Waals surface area (Å²) in [6.07, 6.45) is 8.27. The van der Waals surface area contributed by atoms with E-state index in [1.165, 1.54) is 19.3 Å². The fourth-order valence-corrected chi connectivity index (χ4v) is 3.01. The number of nitrogens with one attached hydrogen (secondary N) is 1. The predicted octanol–water partition coefficient (Wildman–Crippen LogP) is 2.79. The Morgan fingerprint density at radius 3 is 2.35 bits per heavy atom. The molecule has 17 heavy (non-hydrogen) atoms. The first-order valence-corrected chi connectivity index (χ1v) is 6.47. The van der Waals surface area contributed by atoms with E-state index in [1.807, 2.05) is 37.4 Å². The summed E-state index contributed by atoms with van der Waals surface area (Å²) in [5.74, 6) is 0.376. The smallest absolute Gasteiger partial charge is 0.225 e. The molecule has 1 aliphatic rings. The normalized spacial score (nSPS) is 20.8. The van der Waals surface area contributed by atoms with Gasteiger partial charge in [-0.1, -0.05) is 49.6 Å². The summed E-state index contributed by atoms with van der Waals surface area (Å²) in [7, 11) is 1.87. The van der Waals surface area contributed by atoms with Gasteiger partial charge in [-0.25, -0.2) is 0 Å². The molecule has 2 rings (SSSR count). The molecular weight excluding hydrogens is 210 g/mol. The highest BCUT2D eigenvalue weighted by atomic mass is 16.1. The quantitative estimate of drug-likeness (QED) is 0.861. The van der Waals surface area contributed by atoms with Gasteiger partial charge in [-0.05, 0) is 31.4 Å². The molecule has 91 valence electrons. The lowest BCUT2D eigenvalue weighted by Crippen LogP contribution is -2.48. The molecule has 0 spiro atoms. The molecule has 0 saturated heterocycles. The highest BCUT2D eigenvalue weighted by Gasteiger charge is 2.40. The molecule has 1 fully saturated rings. The van der Waals surface area contributed by atoms with E-state index in [9.17, 15) is 4.79 Å². The van der Waals surface area contributed by atoms with Gasteiger partial charge in [0.05, 0.1) is 0 Å². The van der Waals surface area contributed by atoms with Crippen molar-refractivity contribution in [3.8, 4) is 0 Å². The fourth-order valence-electron chi connectivity index (χ4n) is 3.01. The Bertz CT molecular complexity index is 356. The molecule has 2 heteroatoms. The summed E-state index contributed by atoms with van der Waals surface area (Å²) in [5.41, 5.74) is 0.436. The van der Waals surface area contributed by atoms with Crippen molar-refractivity contribution in [1.82, 2.24) is 5.32 Å². The third-order valence-electron chi connectivity index (χ3n) is 4.00. The first-order valence-electron chi connectivity index (χ1n) is 6.47. The Morgan fingerprint density at radius 1 is 1.18 bits per heavy atom. The molecule has 1 aromatic rings. The SMILES string of the molecule is CNC([C]=O)(c1ccccc1)C1CCCCC1. The monoisotopic (exact) mass is 230 g/mol. The maximum absolute atomic E-state index is 11.6. The van der Waals surface area contributed by atoms with Crippen LogP contribution < -0.4 is 5.32 Å². The molecule has 1 unspecified atom stereocenters. The highest BCUT2D eigenvalue weighted by molar-refractivity contribution is 5.69. The molecule has 2 nitrogen and oxygen atoms in total. The number of carbonyl (C=O) groups excluding carboxylic acids is 1. The minimum atomic E-state index is -0.609. The van der Waals surface area contributed by atoms with Crippen LogP contribution in [0, 0.1) is 5.92 Å². The summed E-state index contributed by atoms with van der Waals surface area (Å²) < 4.78 is 0. The standard InChI is InChI=1S/C15H20NO/c1-16-15(12-17,13-8-4-2-5-9-13)14-10-6-3-7-11-14/h2,4-5,8-9,14,16H,3,6-7,10-11H2,1H3. The van der Waals surface area contributed by atoms with Gasteiger partial charge in [0.25, 0.3) is 0 Å². The number of rotatable bonds is 4. The molecule has 1 saturated carbocycles. The van der Waals surface area contributed by atoms with Crippen LogP contribution in [0.1, 0.15) is 37.7 Å². The van der Waals surface area contributed by atoms with Crippen LogP contribution in [-0.4, -0.2) is 13.3 Å². The summed E-state index contributed by atoms with van der Waals surface area (Å²) in [6, 6.07) is 10.0. The van der Waals surface area contributed by atoms with E-state index in [0.29, 0.717) is 5.92 Å². The topological polar surface area (TPSA) is 29.1 Å². The van der Waals surface area contributed by atoms with Crippen molar-refractivity contribution < 1.29 is 4.79 Å². The molecule has 0 aliphatic heterocycles. The molecule has 0 bridgehead atoms. The lowest BCUT2D eigenvalue weighted by Gasteiger charge is -2.38. The van der Waals surface area contributed by atoms with E-state index in [0.717, 1.165) is 18.4 Å². The van der Waals surface area contributed by atoms with Crippen LogP contribution in [0.25, 0.3) is 0 Å².